The van der Waals surface area contributed by atoms with Gasteiger partial charge in [-0.05, 0) is 41.1 Å². The van der Waals surface area contributed by atoms with E-state index in [-0.39, 0.29) is 5.82 Å². The summed E-state index contributed by atoms with van der Waals surface area (Å²) in [6.07, 6.45) is 1.72. The van der Waals surface area contributed by atoms with Gasteiger partial charge in [0, 0.05) is 24.4 Å². The van der Waals surface area contributed by atoms with Crippen LogP contribution in [0.15, 0.2) is 41.0 Å². The van der Waals surface area contributed by atoms with Crippen molar-refractivity contribution < 1.29 is 9.13 Å². The van der Waals surface area contributed by atoms with Crippen LogP contribution < -0.4 is 10.1 Å². The van der Waals surface area contributed by atoms with E-state index in [2.05, 4.69) is 26.2 Å². The van der Waals surface area contributed by atoms with Crippen molar-refractivity contribution in [3.8, 4) is 5.75 Å². The zero-order valence-electron chi connectivity index (χ0n) is 10.5. The zero-order valence-corrected chi connectivity index (χ0v) is 12.1. The maximum atomic E-state index is 13.1. The number of anilines is 1. The molecule has 0 aliphatic rings. The van der Waals surface area contributed by atoms with Gasteiger partial charge in [0.05, 0.1) is 4.47 Å². The van der Waals surface area contributed by atoms with Crippen molar-refractivity contribution in [1.29, 1.82) is 0 Å². The first kappa shape index (κ1) is 13.8. The van der Waals surface area contributed by atoms with Gasteiger partial charge in [-0.1, -0.05) is 6.07 Å². The normalized spacial score (nSPS) is 10.3. The van der Waals surface area contributed by atoms with Crippen molar-refractivity contribution in [1.82, 2.24) is 4.98 Å². The van der Waals surface area contributed by atoms with Gasteiger partial charge < -0.3 is 10.1 Å². The lowest BCUT2D eigenvalue weighted by Crippen LogP contribution is -2.05. The fraction of sp³-hybridized carbons (Fsp3) is 0.214. The van der Waals surface area contributed by atoms with Crippen LogP contribution in [0, 0.1) is 5.82 Å². The summed E-state index contributed by atoms with van der Waals surface area (Å²) in [6.45, 7) is 3.12. The lowest BCUT2D eigenvalue weighted by atomic mass is 10.2. The van der Waals surface area contributed by atoms with Gasteiger partial charge >= 0.3 is 0 Å². The molecule has 1 heterocycles. The zero-order chi connectivity index (χ0) is 13.7. The van der Waals surface area contributed by atoms with Gasteiger partial charge in [0.1, 0.15) is 24.0 Å². The van der Waals surface area contributed by atoms with Gasteiger partial charge in [-0.15, -0.1) is 0 Å². The van der Waals surface area contributed by atoms with Crippen molar-refractivity contribution in [2.75, 3.05) is 11.9 Å². The average molecular weight is 325 g/mol. The van der Waals surface area contributed by atoms with Gasteiger partial charge in [-0.2, -0.15) is 0 Å². The molecule has 0 amide bonds. The predicted octanol–water partition coefficient (Wildman–Crippen LogP) is 3.99. The number of hydrogen-bond donors (Lipinski definition) is 1. The van der Waals surface area contributed by atoms with Crippen LogP contribution in [0.3, 0.4) is 0 Å². The molecule has 0 aliphatic heterocycles. The molecule has 2 rings (SSSR count). The smallest absolute Gasteiger partial charge is 0.136 e. The second-order valence-corrected chi connectivity index (χ2v) is 4.76. The molecule has 0 spiro atoms. The molecule has 100 valence electrons. The average Bonchev–Trinajstić information content (AvgIpc) is 2.42. The molecule has 0 saturated carbocycles. The van der Waals surface area contributed by atoms with Crippen molar-refractivity contribution >= 4 is 21.7 Å². The molecule has 1 N–H and O–H groups in total. The van der Waals surface area contributed by atoms with E-state index in [4.69, 9.17) is 4.74 Å². The summed E-state index contributed by atoms with van der Waals surface area (Å²) in [5, 5.41) is 3.16. The number of nitrogens with zero attached hydrogens (tertiary/aromatic N) is 1. The molecule has 0 radical (unpaired) electrons. The Hall–Kier alpha value is -1.62. The largest absolute Gasteiger partial charge is 0.487 e. The highest BCUT2D eigenvalue weighted by Crippen LogP contribution is 2.27. The Bertz CT molecular complexity index is 563. The monoisotopic (exact) mass is 324 g/mol. The Morgan fingerprint density at radius 1 is 1.37 bits per heavy atom. The Morgan fingerprint density at radius 3 is 3.00 bits per heavy atom. The maximum Gasteiger partial charge on any atom is 0.136 e. The van der Waals surface area contributed by atoms with Gasteiger partial charge in [0.15, 0.2) is 0 Å². The van der Waals surface area contributed by atoms with E-state index in [1.165, 1.54) is 12.1 Å². The third-order valence-electron chi connectivity index (χ3n) is 2.51. The lowest BCUT2D eigenvalue weighted by Gasteiger charge is -2.11. The molecule has 1 aromatic carbocycles. The molecule has 0 fully saturated rings. The van der Waals surface area contributed by atoms with E-state index in [1.807, 2.05) is 19.1 Å². The molecule has 1 aromatic heterocycles. The molecule has 0 bridgehead atoms. The number of pyridine rings is 1. The van der Waals surface area contributed by atoms with Gasteiger partial charge in [0.2, 0.25) is 0 Å². The summed E-state index contributed by atoms with van der Waals surface area (Å²) < 4.78 is 19.5. The fourth-order valence-electron chi connectivity index (χ4n) is 1.63. The van der Waals surface area contributed by atoms with Gasteiger partial charge in [-0.25, -0.2) is 9.37 Å². The first-order valence-corrected chi connectivity index (χ1v) is 6.75. The molecule has 19 heavy (non-hydrogen) atoms. The Balaban J connectivity index is 2.12. The van der Waals surface area contributed by atoms with E-state index in [0.29, 0.717) is 12.4 Å². The minimum absolute atomic E-state index is 0.323. The van der Waals surface area contributed by atoms with E-state index >= 15 is 0 Å². The van der Waals surface area contributed by atoms with Crippen molar-refractivity contribution in [2.45, 2.75) is 13.5 Å². The lowest BCUT2D eigenvalue weighted by molar-refractivity contribution is 0.303. The quantitative estimate of drug-likeness (QED) is 0.902. The van der Waals surface area contributed by atoms with Crippen molar-refractivity contribution in [3.63, 3.8) is 0 Å². The molecule has 5 heteroatoms. The standard InChI is InChI=1S/C14H14BrFN2O/c1-2-17-14-10(4-3-7-18-14)9-19-13-8-11(16)5-6-12(13)15/h3-8H,2,9H2,1H3,(H,17,18). The predicted molar refractivity (Wildman–Crippen MR) is 76.8 cm³/mol. The van der Waals surface area contributed by atoms with Crippen LogP contribution in [0.1, 0.15) is 12.5 Å². The van der Waals surface area contributed by atoms with Gasteiger partial charge in [0.25, 0.3) is 0 Å². The fourth-order valence-corrected chi connectivity index (χ4v) is 1.99. The first-order chi connectivity index (χ1) is 9.20. The van der Waals surface area contributed by atoms with Crippen LogP contribution in [0.25, 0.3) is 0 Å². The SMILES string of the molecule is CCNc1ncccc1COc1cc(F)ccc1Br. The molecular formula is C14H14BrFN2O. The summed E-state index contributed by atoms with van der Waals surface area (Å²) in [5.74, 6) is 0.945. The Morgan fingerprint density at radius 2 is 2.21 bits per heavy atom. The van der Waals surface area contributed by atoms with Gasteiger partial charge in [-0.3, -0.25) is 0 Å². The van der Waals surface area contributed by atoms with E-state index in [1.54, 1.807) is 12.3 Å². The second-order valence-electron chi connectivity index (χ2n) is 3.90. The summed E-state index contributed by atoms with van der Waals surface area (Å²) in [5.41, 5.74) is 0.931. The Labute approximate surface area is 119 Å². The van der Waals surface area contributed by atoms with Crippen LogP contribution in [0.4, 0.5) is 10.2 Å². The minimum atomic E-state index is -0.323. The summed E-state index contributed by atoms with van der Waals surface area (Å²) >= 11 is 3.33. The van der Waals surface area contributed by atoms with Crippen LogP contribution in [-0.2, 0) is 6.61 Å². The summed E-state index contributed by atoms with van der Waals surface area (Å²) in [6, 6.07) is 8.13. The minimum Gasteiger partial charge on any atom is -0.487 e. The second kappa shape index (κ2) is 6.52. The van der Waals surface area contributed by atoms with Crippen LogP contribution >= 0.6 is 15.9 Å². The maximum absolute atomic E-state index is 13.1. The highest BCUT2D eigenvalue weighted by Gasteiger charge is 2.06. The number of ether oxygens (including phenoxy) is 1. The van der Waals surface area contributed by atoms with E-state index < -0.39 is 0 Å². The number of benzene rings is 1. The third-order valence-corrected chi connectivity index (χ3v) is 3.17. The number of rotatable bonds is 5. The highest BCUT2D eigenvalue weighted by molar-refractivity contribution is 9.10. The third kappa shape index (κ3) is 3.67. The number of hydrogen-bond acceptors (Lipinski definition) is 3. The van der Waals surface area contributed by atoms with Crippen LogP contribution in [0.2, 0.25) is 0 Å². The molecule has 0 aliphatic carbocycles. The molecular weight excluding hydrogens is 311 g/mol. The molecule has 0 unspecified atom stereocenters. The molecule has 0 saturated heterocycles. The highest BCUT2D eigenvalue weighted by atomic mass is 79.9. The molecule has 2 aromatic rings. The van der Waals surface area contributed by atoms with E-state index in [9.17, 15) is 4.39 Å². The Kier molecular flexibility index (Phi) is 4.74. The molecule has 0 atom stereocenters. The van der Waals surface area contributed by atoms with Crippen molar-refractivity contribution in [2.24, 2.45) is 0 Å². The van der Waals surface area contributed by atoms with Crippen LogP contribution in [-0.4, -0.2) is 11.5 Å². The number of aromatic nitrogens is 1. The number of halogens is 2. The number of nitrogens with one attached hydrogen (secondary N) is 1. The summed E-state index contributed by atoms with van der Waals surface area (Å²) in [7, 11) is 0. The summed E-state index contributed by atoms with van der Waals surface area (Å²) in [4.78, 5) is 4.24. The van der Waals surface area contributed by atoms with E-state index in [0.717, 1.165) is 22.4 Å². The first-order valence-electron chi connectivity index (χ1n) is 5.96. The van der Waals surface area contributed by atoms with Crippen molar-refractivity contribution in [3.05, 3.63) is 52.4 Å². The molecule has 3 nitrogen and oxygen atoms in total. The van der Waals surface area contributed by atoms with Crippen LogP contribution in [0.5, 0.6) is 5.75 Å². The topological polar surface area (TPSA) is 34.2 Å².